The minimum absolute atomic E-state index is 0.0590. The fourth-order valence-corrected chi connectivity index (χ4v) is 4.83. The minimum Gasteiger partial charge on any atom is -0.491 e. The number of hydrogen-bond acceptors (Lipinski definition) is 5. The second-order valence-corrected chi connectivity index (χ2v) is 8.14. The van der Waals surface area contributed by atoms with Crippen molar-refractivity contribution in [2.24, 2.45) is 0 Å². The highest BCUT2D eigenvalue weighted by Crippen LogP contribution is 2.39. The number of rotatable bonds is 0. The Hall–Kier alpha value is -3.16. The average Bonchev–Trinajstić information content (AvgIpc) is 3.41. The van der Waals surface area contributed by atoms with Gasteiger partial charge in [-0.2, -0.15) is 0 Å². The SMILES string of the molecule is N=C1c2cc(cnc2N)C(=O)N2CCCC2COc2ccc(F)cc2[C@H]2CCCN12. The van der Waals surface area contributed by atoms with Crippen LogP contribution in [0.3, 0.4) is 0 Å². The monoisotopic (exact) mass is 409 g/mol. The molecular formula is C22H24FN5O2. The summed E-state index contributed by atoms with van der Waals surface area (Å²) in [6.07, 6.45) is 4.88. The number of pyridine rings is 1. The van der Waals surface area contributed by atoms with Crippen molar-refractivity contribution in [1.29, 1.82) is 5.41 Å². The van der Waals surface area contributed by atoms with Crippen LogP contribution in [0.2, 0.25) is 0 Å². The maximum atomic E-state index is 14.2. The Kier molecular flexibility index (Phi) is 4.56. The molecule has 1 amide bonds. The maximum absolute atomic E-state index is 14.2. The molecule has 2 bridgehead atoms. The number of nitrogen functional groups attached to an aromatic ring is 1. The predicted octanol–water partition coefficient (Wildman–Crippen LogP) is 2.96. The van der Waals surface area contributed by atoms with Gasteiger partial charge in [0.25, 0.3) is 5.91 Å². The van der Waals surface area contributed by atoms with E-state index >= 15 is 0 Å². The van der Waals surface area contributed by atoms with Crippen molar-refractivity contribution in [3.05, 3.63) is 53.0 Å². The van der Waals surface area contributed by atoms with Crippen molar-refractivity contribution >= 4 is 17.6 Å². The highest BCUT2D eigenvalue weighted by molar-refractivity contribution is 6.03. The summed E-state index contributed by atoms with van der Waals surface area (Å²) >= 11 is 0. The van der Waals surface area contributed by atoms with Crippen LogP contribution in [-0.2, 0) is 0 Å². The number of nitrogens with zero attached hydrogens (tertiary/aromatic N) is 3. The highest BCUT2D eigenvalue weighted by atomic mass is 19.1. The molecule has 0 saturated carbocycles. The van der Waals surface area contributed by atoms with E-state index < -0.39 is 0 Å². The Morgan fingerprint density at radius 3 is 2.83 bits per heavy atom. The summed E-state index contributed by atoms with van der Waals surface area (Å²) in [6.45, 7) is 1.64. The molecule has 2 aromatic rings. The summed E-state index contributed by atoms with van der Waals surface area (Å²) in [5.74, 6) is 0.563. The third-order valence-electron chi connectivity index (χ3n) is 6.36. The third kappa shape index (κ3) is 3.07. The van der Waals surface area contributed by atoms with Crippen LogP contribution in [-0.4, -0.2) is 52.3 Å². The zero-order valence-electron chi connectivity index (χ0n) is 16.6. The predicted molar refractivity (Wildman–Crippen MR) is 110 cm³/mol. The molecule has 8 heteroatoms. The fourth-order valence-electron chi connectivity index (χ4n) is 4.83. The summed E-state index contributed by atoms with van der Waals surface area (Å²) in [5.41, 5.74) is 7.69. The van der Waals surface area contributed by atoms with E-state index in [1.54, 1.807) is 12.1 Å². The number of ether oxygens (including phenoxy) is 1. The van der Waals surface area contributed by atoms with Gasteiger partial charge in [-0.1, -0.05) is 0 Å². The Morgan fingerprint density at radius 1 is 1.17 bits per heavy atom. The van der Waals surface area contributed by atoms with Gasteiger partial charge in [0.2, 0.25) is 0 Å². The smallest absolute Gasteiger partial charge is 0.255 e. The van der Waals surface area contributed by atoms with Crippen LogP contribution in [0.25, 0.3) is 0 Å². The molecule has 5 rings (SSSR count). The molecule has 156 valence electrons. The van der Waals surface area contributed by atoms with Gasteiger partial charge < -0.3 is 20.3 Å². The first-order valence-corrected chi connectivity index (χ1v) is 10.4. The number of aromatic nitrogens is 1. The molecule has 7 nitrogen and oxygen atoms in total. The van der Waals surface area contributed by atoms with Crippen molar-refractivity contribution < 1.29 is 13.9 Å². The van der Waals surface area contributed by atoms with Gasteiger partial charge in [0.05, 0.1) is 23.2 Å². The number of nitrogens with one attached hydrogen (secondary N) is 1. The number of hydrogen-bond donors (Lipinski definition) is 2. The van der Waals surface area contributed by atoms with E-state index in [-0.39, 0.29) is 35.5 Å². The van der Waals surface area contributed by atoms with E-state index in [0.29, 0.717) is 36.6 Å². The zero-order chi connectivity index (χ0) is 20.8. The van der Waals surface area contributed by atoms with E-state index in [1.807, 2.05) is 9.80 Å². The van der Waals surface area contributed by atoms with Crippen molar-refractivity contribution in [2.75, 3.05) is 25.4 Å². The van der Waals surface area contributed by atoms with Crippen LogP contribution in [0.4, 0.5) is 10.2 Å². The summed E-state index contributed by atoms with van der Waals surface area (Å²) in [5, 5.41) is 8.83. The number of amides is 1. The molecule has 1 aromatic carbocycles. The number of fused-ring (bicyclic) bond motifs is 6. The van der Waals surface area contributed by atoms with Gasteiger partial charge in [-0.05, 0) is 49.9 Å². The third-order valence-corrected chi connectivity index (χ3v) is 6.36. The van der Waals surface area contributed by atoms with Gasteiger partial charge in [-0.15, -0.1) is 0 Å². The van der Waals surface area contributed by atoms with E-state index in [2.05, 4.69) is 4.98 Å². The summed E-state index contributed by atoms with van der Waals surface area (Å²) in [4.78, 5) is 21.1. The molecule has 1 unspecified atom stereocenters. The highest BCUT2D eigenvalue weighted by Gasteiger charge is 2.35. The van der Waals surface area contributed by atoms with Crippen LogP contribution in [0.1, 0.15) is 53.2 Å². The average molecular weight is 409 g/mol. The van der Waals surface area contributed by atoms with Gasteiger partial charge in [0.1, 0.15) is 29.8 Å². The Balaban J connectivity index is 1.65. The number of benzene rings is 1. The summed E-state index contributed by atoms with van der Waals surface area (Å²) in [6, 6.07) is 5.97. The van der Waals surface area contributed by atoms with Crippen LogP contribution >= 0.6 is 0 Å². The van der Waals surface area contributed by atoms with Gasteiger partial charge in [0, 0.05) is 24.8 Å². The quantitative estimate of drug-likeness (QED) is 0.698. The van der Waals surface area contributed by atoms with Crippen molar-refractivity contribution in [3.63, 3.8) is 0 Å². The van der Waals surface area contributed by atoms with Crippen molar-refractivity contribution in [3.8, 4) is 5.75 Å². The maximum Gasteiger partial charge on any atom is 0.255 e. The lowest BCUT2D eigenvalue weighted by Crippen LogP contribution is -2.39. The molecular weight excluding hydrogens is 385 g/mol. The Bertz CT molecular complexity index is 1030. The molecule has 1 aromatic heterocycles. The standard InChI is InChI=1S/C22H24FN5O2/c23-14-5-6-19-16(10-14)18-4-2-8-28(18)21(25)17-9-13(11-26-20(17)24)22(29)27-7-1-3-15(27)12-30-19/h5-6,9-11,15,18,25H,1-4,7-8,12H2,(H2,24,26)/t15?,18-/m1/s1. The number of nitrogens with two attached hydrogens (primary N) is 1. The largest absolute Gasteiger partial charge is 0.491 e. The zero-order valence-corrected chi connectivity index (χ0v) is 16.6. The van der Waals surface area contributed by atoms with Crippen LogP contribution in [0, 0.1) is 11.2 Å². The molecule has 3 aliphatic heterocycles. The first kappa shape index (κ1) is 18.8. The van der Waals surface area contributed by atoms with Crippen LogP contribution in [0.15, 0.2) is 30.5 Å². The van der Waals surface area contributed by atoms with Crippen molar-refractivity contribution in [1.82, 2.24) is 14.8 Å². The van der Waals surface area contributed by atoms with Gasteiger partial charge in [0.15, 0.2) is 0 Å². The van der Waals surface area contributed by atoms with Gasteiger partial charge >= 0.3 is 0 Å². The molecule has 30 heavy (non-hydrogen) atoms. The first-order valence-electron chi connectivity index (χ1n) is 10.4. The second-order valence-electron chi connectivity index (χ2n) is 8.14. The molecule has 0 radical (unpaired) electrons. The number of anilines is 1. The van der Waals surface area contributed by atoms with Crippen LogP contribution < -0.4 is 10.5 Å². The molecule has 0 spiro atoms. The Morgan fingerprint density at radius 2 is 1.97 bits per heavy atom. The first-order chi connectivity index (χ1) is 14.5. The second kappa shape index (κ2) is 7.27. The Labute approximate surface area is 174 Å². The van der Waals surface area contributed by atoms with E-state index in [1.165, 1.54) is 18.3 Å². The van der Waals surface area contributed by atoms with Gasteiger partial charge in [-0.25, -0.2) is 9.37 Å². The molecule has 2 atom stereocenters. The molecule has 2 saturated heterocycles. The van der Waals surface area contributed by atoms with Crippen molar-refractivity contribution in [2.45, 2.75) is 37.8 Å². The van der Waals surface area contributed by atoms with Gasteiger partial charge in [-0.3, -0.25) is 10.2 Å². The summed E-state index contributed by atoms with van der Waals surface area (Å²) in [7, 11) is 0. The lowest BCUT2D eigenvalue weighted by atomic mass is 10.0. The minimum atomic E-state index is -0.333. The molecule has 0 aliphatic carbocycles. The number of carbonyl (C=O) groups excluding carboxylic acids is 1. The normalized spacial score (nSPS) is 23.6. The molecule has 2 fully saturated rings. The lowest BCUT2D eigenvalue weighted by Gasteiger charge is -2.29. The fraction of sp³-hybridized carbons (Fsp3) is 0.409. The van der Waals surface area contributed by atoms with E-state index in [4.69, 9.17) is 15.9 Å². The molecule has 4 heterocycles. The van der Waals surface area contributed by atoms with E-state index in [9.17, 15) is 9.18 Å². The lowest BCUT2D eigenvalue weighted by molar-refractivity contribution is 0.0690. The van der Waals surface area contributed by atoms with E-state index in [0.717, 1.165) is 31.2 Å². The molecule has 3 N–H and O–H groups in total. The van der Waals surface area contributed by atoms with Crippen LogP contribution in [0.5, 0.6) is 5.75 Å². The summed E-state index contributed by atoms with van der Waals surface area (Å²) < 4.78 is 20.3. The number of carbonyl (C=O) groups is 1. The topological polar surface area (TPSA) is 95.5 Å². The number of halogens is 1. The number of amidine groups is 1. The molecule has 3 aliphatic rings.